The highest BCUT2D eigenvalue weighted by Crippen LogP contribution is 2.42. The fraction of sp³-hybridized carbons (Fsp3) is 0.273. The molecule has 0 radical (unpaired) electrons. The number of ether oxygens (including phenoxy) is 1. The van der Waals surface area contributed by atoms with Gasteiger partial charge in [-0.05, 0) is 49.3 Å². The van der Waals surface area contributed by atoms with E-state index in [1.54, 1.807) is 25.1 Å². The van der Waals surface area contributed by atoms with Crippen LogP contribution in [0.25, 0.3) is 22.8 Å². The number of likely N-dealkylation sites (N-methyl/N-ethyl adjacent to an activating group) is 1. The van der Waals surface area contributed by atoms with Crippen LogP contribution in [-0.2, 0) is 25.5 Å². The largest absolute Gasteiger partial charge is 0.438 e. The second-order valence-electron chi connectivity index (χ2n) is 10.8. The third kappa shape index (κ3) is 5.20. The van der Waals surface area contributed by atoms with Crippen LogP contribution in [0.3, 0.4) is 0 Å². The molecule has 2 amide bonds. The summed E-state index contributed by atoms with van der Waals surface area (Å²) in [6, 6.07) is 8.64. The van der Waals surface area contributed by atoms with Crippen LogP contribution in [0.2, 0.25) is 0 Å². The van der Waals surface area contributed by atoms with Crippen LogP contribution in [-0.4, -0.2) is 70.7 Å². The number of rotatable bonds is 7. The van der Waals surface area contributed by atoms with Gasteiger partial charge in [-0.25, -0.2) is 18.4 Å². The summed E-state index contributed by atoms with van der Waals surface area (Å²) in [7, 11) is 0. The molecule has 6 rings (SSSR count). The molecule has 45 heavy (non-hydrogen) atoms. The van der Waals surface area contributed by atoms with Gasteiger partial charge in [-0.15, -0.1) is 0 Å². The highest BCUT2D eigenvalue weighted by Gasteiger charge is 2.41. The number of amides is 2. The lowest BCUT2D eigenvalue weighted by Gasteiger charge is -2.36. The smallest absolute Gasteiger partial charge is 0.356 e. The number of carbonyl (C=O) groups excluding carboxylic acids is 4. The Morgan fingerprint density at radius 3 is 2.44 bits per heavy atom. The van der Waals surface area contributed by atoms with Crippen molar-refractivity contribution < 1.29 is 37.5 Å². The van der Waals surface area contributed by atoms with E-state index in [-0.39, 0.29) is 40.9 Å². The van der Waals surface area contributed by atoms with E-state index in [0.717, 1.165) is 31.3 Å². The van der Waals surface area contributed by atoms with Crippen LogP contribution in [0.4, 0.5) is 14.5 Å². The number of benzene rings is 2. The van der Waals surface area contributed by atoms with Crippen LogP contribution >= 0.6 is 0 Å². The molecule has 232 valence electrons. The van der Waals surface area contributed by atoms with Crippen LogP contribution in [0.15, 0.2) is 48.6 Å². The van der Waals surface area contributed by atoms with Gasteiger partial charge in [0.15, 0.2) is 17.9 Å². The van der Waals surface area contributed by atoms with E-state index < -0.39 is 41.6 Å². The van der Waals surface area contributed by atoms with Crippen LogP contribution < -0.4 is 10.2 Å². The van der Waals surface area contributed by atoms with Gasteiger partial charge in [0.2, 0.25) is 0 Å². The molecule has 0 aliphatic carbocycles. The van der Waals surface area contributed by atoms with Gasteiger partial charge in [-0.3, -0.25) is 9.59 Å². The summed E-state index contributed by atoms with van der Waals surface area (Å²) in [5, 5.41) is 2.76. The maximum absolute atomic E-state index is 15.0. The topological polar surface area (TPSA) is 110 Å². The van der Waals surface area contributed by atoms with E-state index in [2.05, 4.69) is 10.2 Å². The van der Waals surface area contributed by atoms with Crippen molar-refractivity contribution in [2.45, 2.75) is 33.4 Å². The second kappa shape index (κ2) is 11.8. The molecule has 2 bridgehead atoms. The first-order chi connectivity index (χ1) is 21.6. The molecule has 0 fully saturated rings. The van der Waals surface area contributed by atoms with Crippen LogP contribution in [0, 0.1) is 18.6 Å². The van der Waals surface area contributed by atoms with Gasteiger partial charge in [-0.2, -0.15) is 4.73 Å². The zero-order chi connectivity index (χ0) is 32.0. The lowest BCUT2D eigenvalue weighted by atomic mass is 9.93. The minimum absolute atomic E-state index is 0.0265. The van der Waals surface area contributed by atoms with E-state index in [1.807, 2.05) is 13.8 Å². The molecule has 1 aromatic heterocycles. The molecule has 3 aromatic rings. The molecule has 1 unspecified atom stereocenters. The molecular weight excluding hydrogens is 586 g/mol. The molecule has 0 saturated carbocycles. The second-order valence-corrected chi connectivity index (χ2v) is 10.8. The fourth-order valence-electron chi connectivity index (χ4n) is 6.06. The van der Waals surface area contributed by atoms with Gasteiger partial charge in [-0.1, -0.05) is 38.1 Å². The summed E-state index contributed by atoms with van der Waals surface area (Å²) >= 11 is 0. The quantitative estimate of drug-likeness (QED) is 0.316. The molecule has 3 aliphatic rings. The number of hydrogen-bond donors (Lipinski definition) is 1. The molecule has 0 spiro atoms. The first-order valence-corrected chi connectivity index (χ1v) is 14.6. The molecule has 2 aromatic carbocycles. The van der Waals surface area contributed by atoms with E-state index >= 15 is 0 Å². The van der Waals surface area contributed by atoms with Crippen molar-refractivity contribution in [3.05, 3.63) is 88.3 Å². The monoisotopic (exact) mass is 616 g/mol. The molecule has 4 heterocycles. The van der Waals surface area contributed by atoms with E-state index in [1.165, 1.54) is 27.8 Å². The minimum Gasteiger partial charge on any atom is -0.438 e. The average molecular weight is 617 g/mol. The number of aromatic nitrogens is 1. The molecule has 1 N–H and O–H groups in total. The van der Waals surface area contributed by atoms with Gasteiger partial charge >= 0.3 is 11.9 Å². The number of esters is 1. The predicted molar refractivity (Wildman–Crippen MR) is 161 cm³/mol. The zero-order valence-electron chi connectivity index (χ0n) is 24.9. The third-order valence-corrected chi connectivity index (χ3v) is 8.39. The van der Waals surface area contributed by atoms with E-state index in [4.69, 9.17) is 9.57 Å². The molecule has 0 saturated heterocycles. The maximum Gasteiger partial charge on any atom is 0.356 e. The standard InChI is InChI=1S/C33H30F2N4O6/c1-4-37(5-2)14-15-38-26-17-25-29(33(38)43)18(3)24(39(25)45-28(41)13-12-27(40)44-26)16-21-30-19(8-7-11-23(30)36-32(21)42)20-9-6-10-22(34)31(20)35/h6-13,16,26H,4-5,14-15,17H2,1-3H3,(H,36,42)/b13-12-,21-16-. The molecule has 10 nitrogen and oxygen atoms in total. The van der Waals surface area contributed by atoms with Crippen molar-refractivity contribution in [3.63, 3.8) is 0 Å². The first kappa shape index (κ1) is 29.9. The minimum atomic E-state index is -1.06. The third-order valence-electron chi connectivity index (χ3n) is 8.39. The fourth-order valence-corrected chi connectivity index (χ4v) is 6.06. The summed E-state index contributed by atoms with van der Waals surface area (Å²) in [4.78, 5) is 62.0. The van der Waals surface area contributed by atoms with E-state index in [9.17, 15) is 28.0 Å². The van der Waals surface area contributed by atoms with Crippen LogP contribution in [0.1, 0.15) is 46.7 Å². The average Bonchev–Trinajstić information content (AvgIpc) is 3.47. The summed E-state index contributed by atoms with van der Waals surface area (Å²) in [5.74, 6) is -4.74. The molecule has 12 heteroatoms. The number of carbonyl (C=O) groups is 4. The Balaban J connectivity index is 1.52. The lowest BCUT2D eigenvalue weighted by molar-refractivity contribution is -0.153. The van der Waals surface area contributed by atoms with Gasteiger partial charge in [0.1, 0.15) is 0 Å². The Morgan fingerprint density at radius 1 is 0.978 bits per heavy atom. The summed E-state index contributed by atoms with van der Waals surface area (Å²) in [6.45, 7) is 8.05. The summed E-state index contributed by atoms with van der Waals surface area (Å²) < 4.78 is 36.0. The lowest BCUT2D eigenvalue weighted by Crippen LogP contribution is -2.51. The van der Waals surface area contributed by atoms with Gasteiger partial charge in [0.25, 0.3) is 11.8 Å². The molecule has 3 aliphatic heterocycles. The van der Waals surface area contributed by atoms with Crippen molar-refractivity contribution in [2.24, 2.45) is 0 Å². The van der Waals surface area contributed by atoms with Crippen molar-refractivity contribution in [1.29, 1.82) is 0 Å². The number of anilines is 1. The van der Waals surface area contributed by atoms with E-state index in [0.29, 0.717) is 29.1 Å². The van der Waals surface area contributed by atoms with Gasteiger partial charge in [0.05, 0.1) is 22.5 Å². The highest BCUT2D eigenvalue weighted by atomic mass is 19.2. The van der Waals surface area contributed by atoms with Crippen molar-refractivity contribution in [2.75, 3.05) is 31.5 Å². The zero-order valence-corrected chi connectivity index (χ0v) is 24.9. The maximum atomic E-state index is 15.0. The Bertz CT molecular complexity index is 1820. The summed E-state index contributed by atoms with van der Waals surface area (Å²) in [5.41, 5.74) is 2.23. The number of nitrogens with zero attached hydrogens (tertiary/aromatic N) is 3. The number of hydrogen-bond acceptors (Lipinski definition) is 7. The predicted octanol–water partition coefficient (Wildman–Crippen LogP) is 3.97. The van der Waals surface area contributed by atoms with Crippen LogP contribution in [0.5, 0.6) is 0 Å². The van der Waals surface area contributed by atoms with Crippen molar-refractivity contribution in [3.8, 4) is 11.1 Å². The first-order valence-electron chi connectivity index (χ1n) is 14.6. The van der Waals surface area contributed by atoms with Crippen molar-refractivity contribution in [1.82, 2.24) is 14.5 Å². The van der Waals surface area contributed by atoms with Gasteiger partial charge < -0.3 is 24.7 Å². The normalized spacial score (nSPS) is 19.0. The highest BCUT2D eigenvalue weighted by molar-refractivity contribution is 6.36. The molecule has 1 atom stereocenters. The summed E-state index contributed by atoms with van der Waals surface area (Å²) in [6.07, 6.45) is 2.38. The Labute approximate surface area is 257 Å². The molecular formula is C33H30F2N4O6. The SMILES string of the molecule is CCN(CC)CCN1C(=O)c2c(C)c(/C=C3\C(=O)Nc4cccc(-c5cccc(F)c5F)c43)n3c2CC1OC(=O)/C=C\C(=O)O3. The number of fused-ring (bicyclic) bond motifs is 2. The number of halogens is 2. The Hall–Kier alpha value is -5.10. The Kier molecular flexibility index (Phi) is 7.83. The Morgan fingerprint density at radius 2 is 1.69 bits per heavy atom. The van der Waals surface area contributed by atoms with Crippen molar-refractivity contribution >= 4 is 41.1 Å². The van der Waals surface area contributed by atoms with Gasteiger partial charge in [0, 0.05) is 48.5 Å². The number of nitrogens with one attached hydrogen (secondary N) is 1.